The number of amides is 1. The largest absolute Gasteiger partial charge is 0.488 e. The van der Waals surface area contributed by atoms with Gasteiger partial charge in [0.2, 0.25) is 5.91 Å². The molecule has 2 aromatic carbocycles. The molecule has 0 N–H and O–H groups in total. The Labute approximate surface area is 178 Å². The van der Waals surface area contributed by atoms with E-state index in [4.69, 9.17) is 9.47 Å². The quantitative estimate of drug-likeness (QED) is 0.531. The molecule has 1 amide bonds. The van der Waals surface area contributed by atoms with Crippen LogP contribution in [-0.4, -0.2) is 36.7 Å². The van der Waals surface area contributed by atoms with Crippen LogP contribution in [0.25, 0.3) is 6.08 Å². The molecule has 160 valence electrons. The monoisotopic (exact) mass is 411 g/mol. The number of benzene rings is 2. The molecular weight excluding hydrogens is 381 g/mol. The van der Waals surface area contributed by atoms with E-state index < -0.39 is 0 Å². The molecule has 1 aliphatic carbocycles. The molecule has 0 radical (unpaired) electrons. The number of halogens is 1. The molecule has 4 nitrogen and oxygen atoms in total. The summed E-state index contributed by atoms with van der Waals surface area (Å²) in [5.74, 6) is 0.438. The summed E-state index contributed by atoms with van der Waals surface area (Å²) in [6.07, 6.45) is 7.55. The lowest BCUT2D eigenvalue weighted by molar-refractivity contribution is -0.128. The maximum Gasteiger partial charge on any atom is 0.247 e. The molecule has 2 aromatic rings. The lowest BCUT2D eigenvalue weighted by Crippen LogP contribution is -2.37. The number of rotatable bonds is 9. The van der Waals surface area contributed by atoms with Crippen LogP contribution >= 0.6 is 0 Å². The Morgan fingerprint density at radius 3 is 2.60 bits per heavy atom. The number of carbonyl (C=O) groups is 1. The smallest absolute Gasteiger partial charge is 0.247 e. The number of ether oxygens (including phenoxy) is 2. The van der Waals surface area contributed by atoms with Crippen molar-refractivity contribution in [1.29, 1.82) is 0 Å². The summed E-state index contributed by atoms with van der Waals surface area (Å²) in [5.41, 5.74) is 1.74. The van der Waals surface area contributed by atoms with Gasteiger partial charge in [-0.25, -0.2) is 4.39 Å². The topological polar surface area (TPSA) is 38.8 Å². The van der Waals surface area contributed by atoms with Crippen molar-refractivity contribution in [2.75, 3.05) is 13.7 Å². The number of hydrogen-bond donors (Lipinski definition) is 0. The first-order valence-corrected chi connectivity index (χ1v) is 10.5. The molecular formula is C25H30FNO3. The molecule has 0 aromatic heterocycles. The van der Waals surface area contributed by atoms with Gasteiger partial charge in [0.05, 0.1) is 6.61 Å². The van der Waals surface area contributed by atoms with E-state index in [1.165, 1.54) is 12.1 Å². The second-order valence-electron chi connectivity index (χ2n) is 7.82. The average molecular weight is 412 g/mol. The van der Waals surface area contributed by atoms with Crippen molar-refractivity contribution in [3.05, 3.63) is 71.6 Å². The summed E-state index contributed by atoms with van der Waals surface area (Å²) >= 11 is 0. The van der Waals surface area contributed by atoms with Gasteiger partial charge in [0.1, 0.15) is 17.7 Å². The summed E-state index contributed by atoms with van der Waals surface area (Å²) in [6, 6.07) is 14.4. The summed E-state index contributed by atoms with van der Waals surface area (Å²) in [7, 11) is 1.65. The Balaban J connectivity index is 1.68. The molecule has 1 atom stereocenters. The van der Waals surface area contributed by atoms with Crippen LogP contribution in [0.1, 0.15) is 43.7 Å². The second kappa shape index (κ2) is 10.9. The van der Waals surface area contributed by atoms with Gasteiger partial charge in [0.25, 0.3) is 0 Å². The zero-order chi connectivity index (χ0) is 21.3. The van der Waals surface area contributed by atoms with Gasteiger partial charge >= 0.3 is 0 Å². The minimum atomic E-state index is -0.306. The van der Waals surface area contributed by atoms with Crippen molar-refractivity contribution < 1.29 is 18.7 Å². The highest BCUT2D eigenvalue weighted by molar-refractivity contribution is 5.92. The van der Waals surface area contributed by atoms with E-state index in [0.717, 1.165) is 37.0 Å². The van der Waals surface area contributed by atoms with E-state index in [9.17, 15) is 9.18 Å². The molecule has 0 aliphatic heterocycles. The SMILES string of the molecule is COCC(C)Oc1ccc(CN(C(=O)/C=C/c2cccc(F)c2)C2CCCC2)cc1. The highest BCUT2D eigenvalue weighted by Crippen LogP contribution is 2.26. The Hall–Kier alpha value is -2.66. The lowest BCUT2D eigenvalue weighted by Gasteiger charge is -2.28. The standard InChI is InChI=1S/C25H30FNO3/c1-19(18-29-2)30-24-13-10-21(11-14-24)17-27(23-8-3-4-9-23)25(28)15-12-20-6-5-7-22(26)16-20/h5-7,10-16,19,23H,3-4,8-9,17-18H2,1-2H3/b15-12+. The van der Waals surface area contributed by atoms with Crippen molar-refractivity contribution in [2.45, 2.75) is 51.3 Å². The molecule has 0 spiro atoms. The van der Waals surface area contributed by atoms with Crippen LogP contribution < -0.4 is 4.74 Å². The summed E-state index contributed by atoms with van der Waals surface area (Å²) in [4.78, 5) is 14.9. The normalized spacial score (nSPS) is 15.4. The highest BCUT2D eigenvalue weighted by atomic mass is 19.1. The Morgan fingerprint density at radius 1 is 1.20 bits per heavy atom. The summed E-state index contributed by atoms with van der Waals surface area (Å²) < 4.78 is 24.3. The molecule has 0 saturated heterocycles. The van der Waals surface area contributed by atoms with Gasteiger partial charge in [-0.3, -0.25) is 4.79 Å². The van der Waals surface area contributed by atoms with Crippen molar-refractivity contribution in [2.24, 2.45) is 0 Å². The van der Waals surface area contributed by atoms with E-state index in [1.54, 1.807) is 31.4 Å². The molecule has 3 rings (SSSR count). The predicted molar refractivity (Wildman–Crippen MR) is 117 cm³/mol. The number of methoxy groups -OCH3 is 1. The van der Waals surface area contributed by atoms with Gasteiger partial charge in [0.15, 0.2) is 0 Å². The maximum atomic E-state index is 13.4. The van der Waals surface area contributed by atoms with Gasteiger partial charge < -0.3 is 14.4 Å². The molecule has 1 saturated carbocycles. The lowest BCUT2D eigenvalue weighted by atomic mass is 10.1. The summed E-state index contributed by atoms with van der Waals surface area (Å²) in [6.45, 7) is 3.04. The van der Waals surface area contributed by atoms with E-state index in [0.29, 0.717) is 18.7 Å². The molecule has 1 aliphatic rings. The second-order valence-corrected chi connectivity index (χ2v) is 7.82. The van der Waals surface area contributed by atoms with Gasteiger partial charge in [0, 0.05) is 25.8 Å². The molecule has 0 bridgehead atoms. The van der Waals surface area contributed by atoms with Gasteiger partial charge in [-0.15, -0.1) is 0 Å². The zero-order valence-corrected chi connectivity index (χ0v) is 17.7. The number of hydrogen-bond acceptors (Lipinski definition) is 3. The van der Waals surface area contributed by atoms with Crippen LogP contribution in [-0.2, 0) is 16.1 Å². The third-order valence-electron chi connectivity index (χ3n) is 5.33. The van der Waals surface area contributed by atoms with Crippen molar-refractivity contribution >= 4 is 12.0 Å². The molecule has 30 heavy (non-hydrogen) atoms. The Bertz CT molecular complexity index is 844. The van der Waals surface area contributed by atoms with Gasteiger partial charge in [-0.1, -0.05) is 37.1 Å². The zero-order valence-electron chi connectivity index (χ0n) is 17.7. The summed E-state index contributed by atoms with van der Waals surface area (Å²) in [5, 5.41) is 0. The Morgan fingerprint density at radius 2 is 1.93 bits per heavy atom. The van der Waals surface area contributed by atoms with E-state index in [2.05, 4.69) is 0 Å². The van der Waals surface area contributed by atoms with Gasteiger partial charge in [-0.05, 0) is 61.2 Å². The number of nitrogens with zero attached hydrogens (tertiary/aromatic N) is 1. The van der Waals surface area contributed by atoms with Crippen LogP contribution in [0.5, 0.6) is 5.75 Å². The molecule has 1 unspecified atom stereocenters. The van der Waals surface area contributed by atoms with E-state index in [-0.39, 0.29) is 23.9 Å². The van der Waals surface area contributed by atoms with Gasteiger partial charge in [-0.2, -0.15) is 0 Å². The fourth-order valence-electron chi connectivity index (χ4n) is 3.85. The third kappa shape index (κ3) is 6.42. The predicted octanol–water partition coefficient (Wildman–Crippen LogP) is 5.22. The average Bonchev–Trinajstić information content (AvgIpc) is 3.26. The van der Waals surface area contributed by atoms with Crippen LogP contribution in [0, 0.1) is 5.82 Å². The maximum absolute atomic E-state index is 13.4. The Kier molecular flexibility index (Phi) is 8.03. The van der Waals surface area contributed by atoms with Crippen molar-refractivity contribution in [3.63, 3.8) is 0 Å². The first kappa shape index (κ1) is 22.0. The van der Waals surface area contributed by atoms with Crippen molar-refractivity contribution in [3.8, 4) is 5.75 Å². The fraction of sp³-hybridized carbons (Fsp3) is 0.400. The van der Waals surface area contributed by atoms with E-state index >= 15 is 0 Å². The first-order valence-electron chi connectivity index (χ1n) is 10.5. The fourth-order valence-corrected chi connectivity index (χ4v) is 3.85. The van der Waals surface area contributed by atoms with Crippen LogP contribution in [0.3, 0.4) is 0 Å². The third-order valence-corrected chi connectivity index (χ3v) is 5.33. The van der Waals surface area contributed by atoms with E-state index in [1.807, 2.05) is 36.1 Å². The minimum absolute atomic E-state index is 0.0228. The number of carbonyl (C=O) groups excluding carboxylic acids is 1. The van der Waals surface area contributed by atoms with Crippen LogP contribution in [0.15, 0.2) is 54.6 Å². The molecule has 1 fully saturated rings. The molecule has 5 heteroatoms. The van der Waals surface area contributed by atoms with Crippen LogP contribution in [0.4, 0.5) is 4.39 Å². The first-order chi connectivity index (χ1) is 14.5. The highest BCUT2D eigenvalue weighted by Gasteiger charge is 2.25. The molecule has 0 heterocycles. The van der Waals surface area contributed by atoms with Crippen molar-refractivity contribution in [1.82, 2.24) is 4.90 Å². The van der Waals surface area contributed by atoms with Crippen LogP contribution in [0.2, 0.25) is 0 Å². The minimum Gasteiger partial charge on any atom is -0.488 e.